The molecule has 2 aromatic heterocycles. The van der Waals surface area contributed by atoms with Gasteiger partial charge < -0.3 is 14.7 Å². The number of fused-ring (bicyclic) bond motifs is 1. The molecule has 3 rings (SSSR count). The summed E-state index contributed by atoms with van der Waals surface area (Å²) < 4.78 is 8.08. The molecular formula is C17H25N3O. The minimum atomic E-state index is 0.101. The van der Waals surface area contributed by atoms with Gasteiger partial charge in [0.2, 0.25) is 5.89 Å². The minimum Gasteiger partial charge on any atom is -0.444 e. The Kier molecular flexibility index (Phi) is 3.24. The van der Waals surface area contributed by atoms with E-state index >= 15 is 0 Å². The molecule has 0 bridgehead atoms. The van der Waals surface area contributed by atoms with Crippen molar-refractivity contribution < 1.29 is 4.42 Å². The summed E-state index contributed by atoms with van der Waals surface area (Å²) in [5.41, 5.74) is 10.5. The van der Waals surface area contributed by atoms with Crippen LogP contribution in [-0.2, 0) is 6.42 Å². The summed E-state index contributed by atoms with van der Waals surface area (Å²) >= 11 is 0. The van der Waals surface area contributed by atoms with Crippen molar-refractivity contribution in [1.29, 1.82) is 0 Å². The lowest BCUT2D eigenvalue weighted by Crippen LogP contribution is -2.31. The highest BCUT2D eigenvalue weighted by Crippen LogP contribution is 2.42. The SMILES string of the molecule is Cc1cnc(C(C)n2c(C)cc3c2CC(C)(C)CC3N)o1. The summed E-state index contributed by atoms with van der Waals surface area (Å²) in [4.78, 5) is 4.40. The number of nitrogens with two attached hydrogens (primary N) is 1. The van der Waals surface area contributed by atoms with Crippen LogP contribution in [0.3, 0.4) is 0 Å². The van der Waals surface area contributed by atoms with Gasteiger partial charge in [-0.2, -0.15) is 0 Å². The van der Waals surface area contributed by atoms with Crippen LogP contribution in [0.4, 0.5) is 0 Å². The second kappa shape index (κ2) is 4.73. The van der Waals surface area contributed by atoms with Crippen molar-refractivity contribution in [2.24, 2.45) is 11.1 Å². The Morgan fingerprint density at radius 3 is 2.76 bits per heavy atom. The van der Waals surface area contributed by atoms with Gasteiger partial charge in [0.05, 0.1) is 6.20 Å². The van der Waals surface area contributed by atoms with Crippen LogP contribution >= 0.6 is 0 Å². The van der Waals surface area contributed by atoms with Gasteiger partial charge in [0.25, 0.3) is 0 Å². The minimum absolute atomic E-state index is 0.101. The van der Waals surface area contributed by atoms with E-state index < -0.39 is 0 Å². The Morgan fingerprint density at radius 2 is 2.14 bits per heavy atom. The first-order chi connectivity index (χ1) is 9.78. The Bertz CT molecular complexity index is 666. The van der Waals surface area contributed by atoms with Crippen LogP contribution in [0.2, 0.25) is 0 Å². The van der Waals surface area contributed by atoms with Gasteiger partial charge in [0, 0.05) is 17.4 Å². The molecule has 0 saturated carbocycles. The fourth-order valence-corrected chi connectivity index (χ4v) is 3.68. The van der Waals surface area contributed by atoms with Crippen LogP contribution in [0.15, 0.2) is 16.7 Å². The summed E-state index contributed by atoms with van der Waals surface area (Å²) in [5, 5.41) is 0. The zero-order valence-corrected chi connectivity index (χ0v) is 13.6. The van der Waals surface area contributed by atoms with Gasteiger partial charge in [-0.25, -0.2) is 4.98 Å². The van der Waals surface area contributed by atoms with Crippen LogP contribution in [-0.4, -0.2) is 9.55 Å². The first-order valence-corrected chi connectivity index (χ1v) is 7.67. The number of hydrogen-bond acceptors (Lipinski definition) is 3. The summed E-state index contributed by atoms with van der Waals surface area (Å²) in [6.07, 6.45) is 3.87. The zero-order valence-electron chi connectivity index (χ0n) is 13.6. The Morgan fingerprint density at radius 1 is 1.43 bits per heavy atom. The molecule has 4 heteroatoms. The Labute approximate surface area is 126 Å². The number of hydrogen-bond donors (Lipinski definition) is 1. The van der Waals surface area contributed by atoms with Gasteiger partial charge in [-0.15, -0.1) is 0 Å². The third kappa shape index (κ3) is 2.42. The lowest BCUT2D eigenvalue weighted by molar-refractivity contribution is 0.271. The first-order valence-electron chi connectivity index (χ1n) is 7.67. The van der Waals surface area contributed by atoms with E-state index in [1.165, 1.54) is 17.0 Å². The molecular weight excluding hydrogens is 262 g/mol. The molecule has 1 aliphatic carbocycles. The quantitative estimate of drug-likeness (QED) is 0.916. The molecule has 2 heterocycles. The molecule has 2 unspecified atom stereocenters. The number of oxazole rings is 1. The standard InChI is InChI=1S/C17H25N3O/c1-10-6-13-14(18)7-17(4,5)8-15(13)20(10)12(3)16-19-9-11(2)21-16/h6,9,12,14H,7-8,18H2,1-5H3. The number of aryl methyl sites for hydroxylation is 2. The molecule has 0 aromatic carbocycles. The van der Waals surface area contributed by atoms with Crippen molar-refractivity contribution in [2.75, 3.05) is 0 Å². The normalized spacial score (nSPS) is 22.1. The van der Waals surface area contributed by atoms with Crippen LogP contribution in [0.1, 0.15) is 67.9 Å². The summed E-state index contributed by atoms with van der Waals surface area (Å²) in [7, 11) is 0. The number of nitrogens with zero attached hydrogens (tertiary/aromatic N) is 2. The fourth-order valence-electron chi connectivity index (χ4n) is 3.68. The second-order valence-electron chi connectivity index (χ2n) is 7.19. The van der Waals surface area contributed by atoms with Gasteiger partial charge >= 0.3 is 0 Å². The van der Waals surface area contributed by atoms with Crippen molar-refractivity contribution >= 4 is 0 Å². The van der Waals surface area contributed by atoms with Gasteiger partial charge in [-0.3, -0.25) is 0 Å². The summed E-state index contributed by atoms with van der Waals surface area (Å²) in [6.45, 7) is 10.8. The summed E-state index contributed by atoms with van der Waals surface area (Å²) in [5.74, 6) is 1.62. The van der Waals surface area contributed by atoms with Crippen LogP contribution in [0, 0.1) is 19.3 Å². The van der Waals surface area contributed by atoms with E-state index in [4.69, 9.17) is 10.2 Å². The topological polar surface area (TPSA) is 57.0 Å². The molecule has 2 N–H and O–H groups in total. The second-order valence-corrected chi connectivity index (χ2v) is 7.19. The van der Waals surface area contributed by atoms with E-state index in [0.717, 1.165) is 24.5 Å². The van der Waals surface area contributed by atoms with Crippen molar-refractivity contribution in [3.8, 4) is 0 Å². The molecule has 21 heavy (non-hydrogen) atoms. The van der Waals surface area contributed by atoms with Crippen LogP contribution in [0.5, 0.6) is 0 Å². The number of aromatic nitrogens is 2. The maximum atomic E-state index is 6.39. The predicted molar refractivity (Wildman–Crippen MR) is 83.3 cm³/mol. The predicted octanol–water partition coefficient (Wildman–Crippen LogP) is 3.67. The molecule has 0 amide bonds. The Hall–Kier alpha value is -1.55. The van der Waals surface area contributed by atoms with Crippen LogP contribution in [0.25, 0.3) is 0 Å². The first kappa shape index (κ1) is 14.4. The maximum absolute atomic E-state index is 6.39. The molecule has 4 nitrogen and oxygen atoms in total. The average molecular weight is 287 g/mol. The fraction of sp³-hybridized carbons (Fsp3) is 0.588. The van der Waals surface area contributed by atoms with Crippen molar-refractivity contribution in [3.05, 3.63) is 40.9 Å². The van der Waals surface area contributed by atoms with Gasteiger partial charge in [0.1, 0.15) is 11.8 Å². The molecule has 0 aliphatic heterocycles. The molecule has 0 saturated heterocycles. The van der Waals surface area contributed by atoms with Gasteiger partial charge in [-0.05, 0) is 50.7 Å². The highest BCUT2D eigenvalue weighted by Gasteiger charge is 2.34. The van der Waals surface area contributed by atoms with E-state index in [2.05, 4.69) is 43.3 Å². The average Bonchev–Trinajstić information content (AvgIpc) is 2.91. The molecule has 2 aromatic rings. The maximum Gasteiger partial charge on any atom is 0.217 e. The summed E-state index contributed by atoms with van der Waals surface area (Å²) in [6, 6.07) is 2.47. The molecule has 2 atom stereocenters. The highest BCUT2D eigenvalue weighted by molar-refractivity contribution is 5.35. The van der Waals surface area contributed by atoms with Crippen molar-refractivity contribution in [3.63, 3.8) is 0 Å². The largest absolute Gasteiger partial charge is 0.444 e. The molecule has 0 spiro atoms. The molecule has 114 valence electrons. The van der Waals surface area contributed by atoms with E-state index in [1.807, 2.05) is 6.92 Å². The van der Waals surface area contributed by atoms with E-state index in [-0.39, 0.29) is 17.5 Å². The lowest BCUT2D eigenvalue weighted by atomic mass is 9.74. The van der Waals surface area contributed by atoms with E-state index in [1.54, 1.807) is 6.20 Å². The monoisotopic (exact) mass is 287 g/mol. The lowest BCUT2D eigenvalue weighted by Gasteiger charge is -2.35. The molecule has 0 radical (unpaired) electrons. The van der Waals surface area contributed by atoms with Crippen LogP contribution < -0.4 is 5.73 Å². The van der Waals surface area contributed by atoms with Gasteiger partial charge in [-0.1, -0.05) is 13.8 Å². The molecule has 1 aliphatic rings. The zero-order chi connectivity index (χ0) is 15.4. The van der Waals surface area contributed by atoms with E-state index in [9.17, 15) is 0 Å². The third-order valence-corrected chi connectivity index (χ3v) is 4.57. The highest BCUT2D eigenvalue weighted by atomic mass is 16.4. The number of rotatable bonds is 2. The molecule has 0 fully saturated rings. The third-order valence-electron chi connectivity index (χ3n) is 4.57. The smallest absolute Gasteiger partial charge is 0.217 e. The van der Waals surface area contributed by atoms with Crippen molar-refractivity contribution in [1.82, 2.24) is 9.55 Å². The Balaban J connectivity index is 2.08. The van der Waals surface area contributed by atoms with Crippen molar-refractivity contribution in [2.45, 2.75) is 59.5 Å². The van der Waals surface area contributed by atoms with E-state index in [0.29, 0.717) is 0 Å². The van der Waals surface area contributed by atoms with Gasteiger partial charge in [0.15, 0.2) is 0 Å².